The molecule has 0 fully saturated rings. The van der Waals surface area contributed by atoms with Gasteiger partial charge in [0.25, 0.3) is 10.0 Å². The molecule has 0 spiro atoms. The highest BCUT2D eigenvalue weighted by Crippen LogP contribution is 2.26. The molecule has 0 aliphatic rings. The summed E-state index contributed by atoms with van der Waals surface area (Å²) in [5.74, 6) is -1.43. The monoisotopic (exact) mass is 493 g/mol. The molecular weight excluding hydrogens is 478 g/mol. The highest BCUT2D eigenvalue weighted by atomic mass is 79.9. The smallest absolute Gasteiger partial charge is 0.322 e. The molecule has 0 aliphatic heterocycles. The van der Waals surface area contributed by atoms with Crippen LogP contribution in [0.1, 0.15) is 21.5 Å². The number of carboxylic acid groups (broad SMARTS) is 1. The van der Waals surface area contributed by atoms with Crippen LogP contribution in [0.3, 0.4) is 0 Å². The van der Waals surface area contributed by atoms with Gasteiger partial charge in [0, 0.05) is 11.1 Å². The highest BCUT2D eigenvalue weighted by molar-refractivity contribution is 9.11. The fourth-order valence-corrected chi connectivity index (χ4v) is 5.87. The maximum Gasteiger partial charge on any atom is 0.322 e. The maximum absolute atomic E-state index is 12.4. The normalized spacial score (nSPS) is 12.4. The number of aliphatic carboxylic acids is 1. The molecule has 1 aromatic heterocycles. The van der Waals surface area contributed by atoms with Crippen LogP contribution in [0.2, 0.25) is 0 Å². The lowest BCUT2D eigenvalue weighted by molar-refractivity contribution is -0.138. The first-order valence-electron chi connectivity index (χ1n) is 8.45. The molecule has 2 N–H and O–H groups in total. The van der Waals surface area contributed by atoms with Gasteiger partial charge in [-0.25, -0.2) is 8.42 Å². The van der Waals surface area contributed by atoms with E-state index >= 15 is 0 Å². The Morgan fingerprint density at radius 2 is 1.59 bits per heavy atom. The van der Waals surface area contributed by atoms with Crippen molar-refractivity contribution >= 4 is 49.0 Å². The van der Waals surface area contributed by atoms with Gasteiger partial charge in [0.15, 0.2) is 5.78 Å². The Bertz CT molecular complexity index is 1130. The van der Waals surface area contributed by atoms with Crippen molar-refractivity contribution in [2.75, 3.05) is 0 Å². The molecule has 6 nitrogen and oxygen atoms in total. The van der Waals surface area contributed by atoms with E-state index in [0.717, 1.165) is 11.3 Å². The predicted octanol–water partition coefficient (Wildman–Crippen LogP) is 3.72. The summed E-state index contributed by atoms with van der Waals surface area (Å²) in [7, 11) is -3.96. The largest absolute Gasteiger partial charge is 0.480 e. The van der Waals surface area contributed by atoms with Gasteiger partial charge in [-0.05, 0) is 40.0 Å². The lowest BCUT2D eigenvalue weighted by Crippen LogP contribution is -2.42. The van der Waals surface area contributed by atoms with Crippen molar-refractivity contribution < 1.29 is 23.1 Å². The molecule has 2 aromatic carbocycles. The van der Waals surface area contributed by atoms with E-state index in [1.807, 2.05) is 6.07 Å². The molecule has 1 heterocycles. The number of carboxylic acids is 1. The number of sulfonamides is 1. The average molecular weight is 494 g/mol. The summed E-state index contributed by atoms with van der Waals surface area (Å²) in [4.78, 5) is 24.0. The molecular formula is C20H16BrNO5S2. The van der Waals surface area contributed by atoms with Crippen molar-refractivity contribution in [2.24, 2.45) is 0 Å². The molecule has 0 saturated heterocycles. The third-order valence-electron chi connectivity index (χ3n) is 4.10. The molecule has 9 heteroatoms. The number of ketones is 1. The van der Waals surface area contributed by atoms with Gasteiger partial charge < -0.3 is 5.11 Å². The van der Waals surface area contributed by atoms with Crippen LogP contribution in [0.15, 0.2) is 74.7 Å². The van der Waals surface area contributed by atoms with Gasteiger partial charge in [0.05, 0.1) is 3.79 Å². The van der Waals surface area contributed by atoms with Crippen molar-refractivity contribution in [1.29, 1.82) is 0 Å². The molecule has 3 aromatic rings. The standard InChI is InChI=1S/C20H16BrNO5S2/c21-17-10-11-18(28-17)29(26,27)22-16(20(24)25)12-13-6-8-15(9-7-13)19(23)14-4-2-1-3-5-14/h1-11,16,22H,12H2,(H,24,25)/t16-/m1/s1. The van der Waals surface area contributed by atoms with Crippen molar-refractivity contribution in [2.45, 2.75) is 16.7 Å². The van der Waals surface area contributed by atoms with Gasteiger partial charge in [0.2, 0.25) is 0 Å². The topological polar surface area (TPSA) is 101 Å². The molecule has 3 rings (SSSR count). The van der Waals surface area contributed by atoms with E-state index in [2.05, 4.69) is 20.7 Å². The Balaban J connectivity index is 1.74. The van der Waals surface area contributed by atoms with Crippen LogP contribution >= 0.6 is 27.3 Å². The van der Waals surface area contributed by atoms with Crippen molar-refractivity contribution in [1.82, 2.24) is 4.72 Å². The van der Waals surface area contributed by atoms with Gasteiger partial charge in [-0.3, -0.25) is 9.59 Å². The van der Waals surface area contributed by atoms with Crippen LogP contribution in [0.4, 0.5) is 0 Å². The van der Waals surface area contributed by atoms with E-state index < -0.39 is 22.0 Å². The first-order valence-corrected chi connectivity index (χ1v) is 11.5. The quantitative estimate of drug-likeness (QED) is 0.465. The molecule has 1 atom stereocenters. The second-order valence-electron chi connectivity index (χ2n) is 6.17. The van der Waals surface area contributed by atoms with Gasteiger partial charge in [0.1, 0.15) is 10.3 Å². The van der Waals surface area contributed by atoms with Crippen molar-refractivity contribution in [3.63, 3.8) is 0 Å². The van der Waals surface area contributed by atoms with Crippen LogP contribution in [-0.2, 0) is 21.2 Å². The summed E-state index contributed by atoms with van der Waals surface area (Å²) in [5.41, 5.74) is 1.62. The molecule has 0 amide bonds. The zero-order chi connectivity index (χ0) is 21.0. The predicted molar refractivity (Wildman–Crippen MR) is 114 cm³/mol. The molecule has 0 saturated carbocycles. The van der Waals surface area contributed by atoms with Gasteiger partial charge in [-0.15, -0.1) is 11.3 Å². The third kappa shape index (κ3) is 5.39. The first-order chi connectivity index (χ1) is 13.8. The number of halogens is 1. The van der Waals surface area contributed by atoms with Crippen LogP contribution in [0.5, 0.6) is 0 Å². The Morgan fingerprint density at radius 3 is 2.14 bits per heavy atom. The van der Waals surface area contributed by atoms with E-state index in [9.17, 15) is 23.1 Å². The molecule has 0 bridgehead atoms. The van der Waals surface area contributed by atoms with Crippen LogP contribution < -0.4 is 4.72 Å². The Morgan fingerprint density at radius 1 is 0.966 bits per heavy atom. The van der Waals surface area contributed by atoms with E-state index in [1.165, 1.54) is 6.07 Å². The molecule has 29 heavy (non-hydrogen) atoms. The summed E-state index contributed by atoms with van der Waals surface area (Å²) >= 11 is 4.18. The van der Waals surface area contributed by atoms with Crippen LogP contribution in [-0.4, -0.2) is 31.3 Å². The lowest BCUT2D eigenvalue weighted by atomic mass is 10.00. The summed E-state index contributed by atoms with van der Waals surface area (Å²) in [6.45, 7) is 0. The number of carbonyl (C=O) groups is 2. The minimum absolute atomic E-state index is 0.0273. The lowest BCUT2D eigenvalue weighted by Gasteiger charge is -2.14. The maximum atomic E-state index is 12.4. The Hall–Kier alpha value is -2.33. The molecule has 150 valence electrons. The van der Waals surface area contributed by atoms with E-state index in [4.69, 9.17) is 0 Å². The molecule has 0 radical (unpaired) electrons. The number of nitrogens with one attached hydrogen (secondary N) is 1. The summed E-state index contributed by atoms with van der Waals surface area (Å²) in [6, 6.07) is 16.9. The van der Waals surface area contributed by atoms with Gasteiger partial charge >= 0.3 is 5.97 Å². The summed E-state index contributed by atoms with van der Waals surface area (Å²) in [5, 5.41) is 9.45. The number of carbonyl (C=O) groups excluding carboxylic acids is 1. The molecule has 0 aliphatic carbocycles. The number of hydrogen-bond acceptors (Lipinski definition) is 5. The minimum Gasteiger partial charge on any atom is -0.480 e. The van der Waals surface area contributed by atoms with Gasteiger partial charge in [-0.1, -0.05) is 54.6 Å². The van der Waals surface area contributed by atoms with Crippen molar-refractivity contribution in [3.05, 3.63) is 87.2 Å². The number of thiophene rings is 1. The number of benzene rings is 2. The van der Waals surface area contributed by atoms with Crippen LogP contribution in [0.25, 0.3) is 0 Å². The van der Waals surface area contributed by atoms with E-state index in [0.29, 0.717) is 20.5 Å². The van der Waals surface area contributed by atoms with E-state index in [1.54, 1.807) is 54.6 Å². The third-order valence-corrected chi connectivity index (χ3v) is 7.69. The fourth-order valence-electron chi connectivity index (χ4n) is 2.65. The SMILES string of the molecule is O=C(c1ccccc1)c1ccc(C[C@@H](NS(=O)(=O)c2ccc(Br)s2)C(=O)O)cc1. The first kappa shape index (κ1) is 21.4. The Labute approximate surface area is 180 Å². The Kier molecular flexibility index (Phi) is 6.63. The number of rotatable bonds is 8. The second-order valence-corrected chi connectivity index (χ2v) is 10.6. The molecule has 0 unspecified atom stereocenters. The summed E-state index contributed by atoms with van der Waals surface area (Å²) in [6.07, 6.45) is -0.0546. The van der Waals surface area contributed by atoms with Crippen molar-refractivity contribution in [3.8, 4) is 0 Å². The average Bonchev–Trinajstić information content (AvgIpc) is 3.15. The highest BCUT2D eigenvalue weighted by Gasteiger charge is 2.26. The fraction of sp³-hybridized carbons (Fsp3) is 0.100. The summed E-state index contributed by atoms with van der Waals surface area (Å²) < 4.78 is 27.7. The zero-order valence-electron chi connectivity index (χ0n) is 14.9. The van der Waals surface area contributed by atoms with E-state index in [-0.39, 0.29) is 16.4 Å². The number of hydrogen-bond donors (Lipinski definition) is 2. The zero-order valence-corrected chi connectivity index (χ0v) is 18.1. The van der Waals surface area contributed by atoms with Gasteiger partial charge in [-0.2, -0.15) is 4.72 Å². The minimum atomic E-state index is -3.96. The second kappa shape index (κ2) is 9.00. The van der Waals surface area contributed by atoms with Crippen LogP contribution in [0, 0.1) is 0 Å².